The normalized spacial score (nSPS) is 39.3. The highest BCUT2D eigenvalue weighted by molar-refractivity contribution is 5.41. The lowest BCUT2D eigenvalue weighted by atomic mass is 9.56. The van der Waals surface area contributed by atoms with Crippen LogP contribution in [0.4, 0.5) is 0 Å². The van der Waals surface area contributed by atoms with Gasteiger partial charge in [-0.05, 0) is 42.9 Å². The summed E-state index contributed by atoms with van der Waals surface area (Å²) in [6.07, 6.45) is 3.68. The summed E-state index contributed by atoms with van der Waals surface area (Å²) in [4.78, 5) is 0. The van der Waals surface area contributed by atoms with Gasteiger partial charge in [-0.15, -0.1) is 0 Å². The van der Waals surface area contributed by atoms with Gasteiger partial charge in [-0.25, -0.2) is 0 Å². The van der Waals surface area contributed by atoms with Crippen molar-refractivity contribution in [1.29, 1.82) is 0 Å². The van der Waals surface area contributed by atoms with E-state index >= 15 is 0 Å². The number of nitrogens with one attached hydrogen (secondary N) is 1. The zero-order valence-corrected chi connectivity index (χ0v) is 10.1. The molecule has 2 heterocycles. The van der Waals surface area contributed by atoms with E-state index in [4.69, 9.17) is 4.74 Å². The summed E-state index contributed by atoms with van der Waals surface area (Å²) in [5.41, 5.74) is 3.46. The molecular weight excluding hydrogens is 210 g/mol. The van der Waals surface area contributed by atoms with Gasteiger partial charge in [0.2, 0.25) is 0 Å². The van der Waals surface area contributed by atoms with Crippen molar-refractivity contribution in [3.63, 3.8) is 0 Å². The molecule has 2 heteroatoms. The van der Waals surface area contributed by atoms with Crippen molar-refractivity contribution < 1.29 is 4.74 Å². The van der Waals surface area contributed by atoms with Crippen molar-refractivity contribution in [2.24, 2.45) is 5.92 Å². The van der Waals surface area contributed by atoms with Gasteiger partial charge in [0.1, 0.15) is 0 Å². The molecule has 90 valence electrons. The predicted molar refractivity (Wildman–Crippen MR) is 67.2 cm³/mol. The summed E-state index contributed by atoms with van der Waals surface area (Å²) in [6.45, 7) is 3.04. The van der Waals surface area contributed by atoms with Crippen LogP contribution < -0.4 is 5.32 Å². The highest BCUT2D eigenvalue weighted by Crippen LogP contribution is 2.49. The second-order valence-electron chi connectivity index (χ2n) is 5.78. The standard InChI is InChI=1S/C15H19NO/c1-2-4-12-11(3-1)9-14-13-5-8-17-10-15(12,13)6-7-16-14/h1-4,13-14,16H,5-10H2/t13-,14+,15+/m0/s1. The molecule has 0 unspecified atom stereocenters. The Morgan fingerprint density at radius 1 is 1.29 bits per heavy atom. The first-order valence-corrected chi connectivity index (χ1v) is 6.80. The van der Waals surface area contributed by atoms with E-state index in [0.717, 1.165) is 25.7 Å². The molecular formula is C15H19NO. The molecule has 2 aliphatic heterocycles. The maximum absolute atomic E-state index is 5.84. The third kappa shape index (κ3) is 1.28. The van der Waals surface area contributed by atoms with E-state index in [0.29, 0.717) is 11.5 Å². The number of benzene rings is 1. The molecule has 0 spiro atoms. The van der Waals surface area contributed by atoms with Gasteiger partial charge in [0.25, 0.3) is 0 Å². The lowest BCUT2D eigenvalue weighted by Gasteiger charge is -2.55. The number of hydrogen-bond acceptors (Lipinski definition) is 2. The van der Waals surface area contributed by atoms with Crippen molar-refractivity contribution >= 4 is 0 Å². The summed E-state index contributed by atoms with van der Waals surface area (Å²) < 4.78 is 5.84. The Labute approximate surface area is 102 Å². The molecule has 2 fully saturated rings. The van der Waals surface area contributed by atoms with Crippen molar-refractivity contribution in [3.8, 4) is 0 Å². The Balaban J connectivity index is 1.90. The number of piperidine rings is 1. The Morgan fingerprint density at radius 3 is 3.24 bits per heavy atom. The van der Waals surface area contributed by atoms with Crippen LogP contribution in [0.25, 0.3) is 0 Å². The lowest BCUT2D eigenvalue weighted by Crippen LogP contribution is -2.62. The minimum atomic E-state index is 0.322. The minimum absolute atomic E-state index is 0.322. The van der Waals surface area contributed by atoms with E-state index in [9.17, 15) is 0 Å². The Kier molecular flexibility index (Phi) is 2.12. The number of ether oxygens (including phenoxy) is 1. The van der Waals surface area contributed by atoms with Gasteiger partial charge in [-0.2, -0.15) is 0 Å². The molecule has 3 aliphatic rings. The van der Waals surface area contributed by atoms with Gasteiger partial charge in [0, 0.05) is 18.1 Å². The van der Waals surface area contributed by atoms with Gasteiger partial charge in [-0.1, -0.05) is 24.3 Å². The summed E-state index contributed by atoms with van der Waals surface area (Å²) in [7, 11) is 0. The van der Waals surface area contributed by atoms with Crippen LogP contribution in [0.1, 0.15) is 24.0 Å². The van der Waals surface area contributed by atoms with Crippen molar-refractivity contribution in [1.82, 2.24) is 5.32 Å². The average molecular weight is 229 g/mol. The molecule has 2 saturated heterocycles. The van der Waals surface area contributed by atoms with E-state index in [1.807, 2.05) is 0 Å². The van der Waals surface area contributed by atoms with Crippen LogP contribution in [-0.2, 0) is 16.6 Å². The molecule has 0 amide bonds. The molecule has 1 aromatic carbocycles. The SMILES string of the molecule is c1ccc2c(c1)C[C@H]1NCC[C@@]23COCC[C@@H]13. The van der Waals surface area contributed by atoms with E-state index in [1.165, 1.54) is 19.3 Å². The molecule has 1 aromatic rings. The van der Waals surface area contributed by atoms with Crippen LogP contribution in [0, 0.1) is 5.92 Å². The fraction of sp³-hybridized carbons (Fsp3) is 0.600. The Hall–Kier alpha value is -0.860. The zero-order valence-electron chi connectivity index (χ0n) is 10.1. The molecule has 1 aliphatic carbocycles. The molecule has 4 rings (SSSR count). The maximum atomic E-state index is 5.84. The van der Waals surface area contributed by atoms with E-state index < -0.39 is 0 Å². The monoisotopic (exact) mass is 229 g/mol. The zero-order chi connectivity index (χ0) is 11.3. The Morgan fingerprint density at radius 2 is 2.24 bits per heavy atom. The van der Waals surface area contributed by atoms with Crippen molar-refractivity contribution in [2.75, 3.05) is 19.8 Å². The second kappa shape index (κ2) is 3.56. The van der Waals surface area contributed by atoms with Gasteiger partial charge in [0.15, 0.2) is 0 Å². The quantitative estimate of drug-likeness (QED) is 0.733. The van der Waals surface area contributed by atoms with Gasteiger partial charge >= 0.3 is 0 Å². The largest absolute Gasteiger partial charge is 0.381 e. The van der Waals surface area contributed by atoms with Crippen LogP contribution in [0.3, 0.4) is 0 Å². The first kappa shape index (κ1) is 10.1. The van der Waals surface area contributed by atoms with Crippen LogP contribution >= 0.6 is 0 Å². The summed E-state index contributed by atoms with van der Waals surface area (Å²) >= 11 is 0. The van der Waals surface area contributed by atoms with Gasteiger partial charge in [0.05, 0.1) is 6.61 Å². The summed E-state index contributed by atoms with van der Waals surface area (Å²) in [5, 5.41) is 3.73. The maximum Gasteiger partial charge on any atom is 0.0566 e. The van der Waals surface area contributed by atoms with Crippen molar-refractivity contribution in [2.45, 2.75) is 30.7 Å². The van der Waals surface area contributed by atoms with Crippen LogP contribution in [0.15, 0.2) is 24.3 Å². The summed E-state index contributed by atoms with van der Waals surface area (Å²) in [5.74, 6) is 0.792. The molecule has 3 atom stereocenters. The second-order valence-corrected chi connectivity index (χ2v) is 5.78. The number of fused-ring (bicyclic) bond motifs is 1. The third-order valence-corrected chi connectivity index (χ3v) is 5.10. The van der Waals surface area contributed by atoms with Crippen LogP contribution in [-0.4, -0.2) is 25.8 Å². The number of hydrogen-bond donors (Lipinski definition) is 1. The highest BCUT2D eigenvalue weighted by Gasteiger charge is 2.51. The average Bonchev–Trinajstić information content (AvgIpc) is 2.39. The van der Waals surface area contributed by atoms with Crippen LogP contribution in [0.5, 0.6) is 0 Å². The molecule has 17 heavy (non-hydrogen) atoms. The molecule has 0 aromatic heterocycles. The third-order valence-electron chi connectivity index (χ3n) is 5.10. The van der Waals surface area contributed by atoms with Gasteiger partial charge < -0.3 is 10.1 Å². The topological polar surface area (TPSA) is 21.3 Å². The minimum Gasteiger partial charge on any atom is -0.381 e. The van der Waals surface area contributed by atoms with E-state index in [2.05, 4.69) is 29.6 Å². The van der Waals surface area contributed by atoms with Gasteiger partial charge in [-0.3, -0.25) is 0 Å². The first-order chi connectivity index (χ1) is 8.40. The fourth-order valence-electron chi connectivity index (χ4n) is 4.36. The molecule has 2 bridgehead atoms. The molecule has 2 nitrogen and oxygen atoms in total. The van der Waals surface area contributed by atoms with Crippen molar-refractivity contribution in [3.05, 3.63) is 35.4 Å². The van der Waals surface area contributed by atoms with E-state index in [-0.39, 0.29) is 0 Å². The Bertz CT molecular complexity index is 440. The van der Waals surface area contributed by atoms with E-state index in [1.54, 1.807) is 11.1 Å². The first-order valence-electron chi connectivity index (χ1n) is 6.80. The van der Waals surface area contributed by atoms with Crippen LogP contribution in [0.2, 0.25) is 0 Å². The fourth-order valence-corrected chi connectivity index (χ4v) is 4.36. The molecule has 0 saturated carbocycles. The lowest BCUT2D eigenvalue weighted by molar-refractivity contribution is -0.0435. The smallest absolute Gasteiger partial charge is 0.0566 e. The summed E-state index contributed by atoms with van der Waals surface area (Å²) in [6, 6.07) is 9.71. The predicted octanol–water partition coefficient (Wildman–Crippen LogP) is 1.88. The molecule has 1 N–H and O–H groups in total. The molecule has 0 radical (unpaired) electrons. The number of rotatable bonds is 0. The highest BCUT2D eigenvalue weighted by atomic mass is 16.5.